The minimum absolute atomic E-state index is 0.573. The number of nitrogens with zero attached hydrogens (tertiary/aromatic N) is 2. The number of ether oxygens (including phenoxy) is 1. The lowest BCUT2D eigenvalue weighted by atomic mass is 10.2. The zero-order valence-corrected chi connectivity index (χ0v) is 11.8. The van der Waals surface area contributed by atoms with Gasteiger partial charge < -0.3 is 9.72 Å². The summed E-state index contributed by atoms with van der Waals surface area (Å²) in [6.45, 7) is 0. The summed E-state index contributed by atoms with van der Waals surface area (Å²) in [7, 11) is 1.60. The Balaban J connectivity index is 2.17. The minimum atomic E-state index is 0.573. The van der Waals surface area contributed by atoms with Crippen molar-refractivity contribution in [3.8, 4) is 17.3 Å². The molecule has 0 atom stereocenters. The molecule has 0 unspecified atom stereocenters. The van der Waals surface area contributed by atoms with E-state index in [4.69, 9.17) is 4.74 Å². The lowest BCUT2D eigenvalue weighted by Gasteiger charge is -1.98. The molecule has 0 saturated carbocycles. The summed E-state index contributed by atoms with van der Waals surface area (Å²) in [5.41, 5.74) is 2.66. The van der Waals surface area contributed by atoms with Crippen molar-refractivity contribution in [2.75, 3.05) is 7.11 Å². The fourth-order valence-corrected chi connectivity index (χ4v) is 2.41. The third-order valence-electron chi connectivity index (χ3n) is 2.66. The van der Waals surface area contributed by atoms with Gasteiger partial charge in [-0.2, -0.15) is 4.98 Å². The van der Waals surface area contributed by atoms with Crippen molar-refractivity contribution in [1.29, 1.82) is 0 Å². The number of halogens is 1. The van der Waals surface area contributed by atoms with Crippen LogP contribution in [-0.2, 0) is 0 Å². The Morgan fingerprint density at radius 3 is 2.72 bits per heavy atom. The number of fused-ring (bicyclic) bond motifs is 1. The van der Waals surface area contributed by atoms with E-state index in [9.17, 15) is 0 Å². The fourth-order valence-electron chi connectivity index (χ4n) is 1.77. The Labute approximate surface area is 118 Å². The van der Waals surface area contributed by atoms with E-state index in [2.05, 4.69) is 43.6 Å². The van der Waals surface area contributed by atoms with Crippen molar-refractivity contribution in [1.82, 2.24) is 15.0 Å². The Hall–Kier alpha value is -1.63. The number of aromatic nitrogens is 3. The molecule has 1 aromatic carbocycles. The average molecular weight is 351 g/mol. The molecule has 18 heavy (non-hydrogen) atoms. The number of benzene rings is 1. The average Bonchev–Trinajstić information content (AvgIpc) is 2.81. The highest BCUT2D eigenvalue weighted by atomic mass is 127. The molecule has 90 valence electrons. The molecule has 3 aromatic rings. The molecule has 0 spiro atoms. The van der Waals surface area contributed by atoms with Crippen LogP contribution in [0.3, 0.4) is 0 Å². The maximum absolute atomic E-state index is 5.09. The van der Waals surface area contributed by atoms with Gasteiger partial charge in [0.1, 0.15) is 5.82 Å². The van der Waals surface area contributed by atoms with Gasteiger partial charge in [0.05, 0.1) is 12.6 Å². The predicted octanol–water partition coefficient (Wildman–Crippen LogP) is 3.24. The zero-order chi connectivity index (χ0) is 12.5. The normalized spacial score (nSPS) is 10.8. The monoisotopic (exact) mass is 351 g/mol. The molecule has 0 fully saturated rings. The number of nitrogens with one attached hydrogen (secondary N) is 1. The highest BCUT2D eigenvalue weighted by Gasteiger charge is 2.09. The number of methoxy groups -OCH3 is 1. The quantitative estimate of drug-likeness (QED) is 0.722. The maximum Gasteiger partial charge on any atom is 0.215 e. The molecule has 0 aliphatic heterocycles. The lowest BCUT2D eigenvalue weighted by Crippen LogP contribution is -1.86. The molecule has 4 nitrogen and oxygen atoms in total. The van der Waals surface area contributed by atoms with Gasteiger partial charge in [-0.3, -0.25) is 0 Å². The standard InChI is InChI=1S/C13H10IN3O/c1-18-11-7-6-10-13(16-11)17-12(15-10)8-4-2-3-5-9(8)14/h2-7H,1H3,(H,15,16,17). The topological polar surface area (TPSA) is 50.8 Å². The number of hydrogen-bond acceptors (Lipinski definition) is 3. The second-order valence-corrected chi connectivity index (χ2v) is 4.95. The molecule has 0 bridgehead atoms. The molecular weight excluding hydrogens is 341 g/mol. The number of hydrogen-bond donors (Lipinski definition) is 1. The fraction of sp³-hybridized carbons (Fsp3) is 0.0769. The first-order chi connectivity index (χ1) is 8.78. The van der Waals surface area contributed by atoms with Gasteiger partial charge in [0, 0.05) is 15.2 Å². The Morgan fingerprint density at radius 2 is 1.94 bits per heavy atom. The largest absolute Gasteiger partial charge is 0.481 e. The lowest BCUT2D eigenvalue weighted by molar-refractivity contribution is 0.399. The van der Waals surface area contributed by atoms with Crippen LogP contribution >= 0.6 is 22.6 Å². The van der Waals surface area contributed by atoms with E-state index in [0.717, 1.165) is 20.5 Å². The van der Waals surface area contributed by atoms with E-state index in [1.807, 2.05) is 30.3 Å². The van der Waals surface area contributed by atoms with Gasteiger partial charge in [0.15, 0.2) is 5.65 Å². The van der Waals surface area contributed by atoms with Gasteiger partial charge in [-0.1, -0.05) is 18.2 Å². The van der Waals surface area contributed by atoms with Crippen molar-refractivity contribution < 1.29 is 4.74 Å². The number of H-pyrrole nitrogens is 1. The highest BCUT2D eigenvalue weighted by Crippen LogP contribution is 2.25. The van der Waals surface area contributed by atoms with Crippen LogP contribution in [-0.4, -0.2) is 22.1 Å². The summed E-state index contributed by atoms with van der Waals surface area (Å²) >= 11 is 2.30. The van der Waals surface area contributed by atoms with E-state index < -0.39 is 0 Å². The zero-order valence-electron chi connectivity index (χ0n) is 9.64. The van der Waals surface area contributed by atoms with Crippen LogP contribution in [0.5, 0.6) is 5.88 Å². The van der Waals surface area contributed by atoms with E-state index >= 15 is 0 Å². The number of aromatic amines is 1. The molecule has 0 saturated heterocycles. The molecule has 0 aliphatic rings. The van der Waals surface area contributed by atoms with Crippen molar-refractivity contribution in [2.24, 2.45) is 0 Å². The molecule has 3 rings (SSSR count). The van der Waals surface area contributed by atoms with Gasteiger partial charge in [-0.05, 0) is 34.7 Å². The number of rotatable bonds is 2. The summed E-state index contributed by atoms with van der Waals surface area (Å²) in [5.74, 6) is 1.40. The first kappa shape index (κ1) is 11.5. The Morgan fingerprint density at radius 1 is 1.11 bits per heavy atom. The maximum atomic E-state index is 5.09. The molecule has 1 N–H and O–H groups in total. The first-order valence-electron chi connectivity index (χ1n) is 5.43. The van der Waals surface area contributed by atoms with Crippen LogP contribution in [0.15, 0.2) is 36.4 Å². The summed E-state index contributed by atoms with van der Waals surface area (Å²) in [6, 6.07) is 11.8. The molecule has 0 aliphatic carbocycles. The number of pyridine rings is 1. The van der Waals surface area contributed by atoms with Crippen LogP contribution in [0.25, 0.3) is 22.6 Å². The van der Waals surface area contributed by atoms with Gasteiger partial charge in [0.25, 0.3) is 0 Å². The SMILES string of the molecule is COc1ccc2[nH]c(-c3ccccc3I)nc2n1. The van der Waals surface area contributed by atoms with Gasteiger partial charge in [-0.25, -0.2) is 4.98 Å². The van der Waals surface area contributed by atoms with E-state index in [1.54, 1.807) is 7.11 Å². The molecular formula is C13H10IN3O. The third-order valence-corrected chi connectivity index (χ3v) is 3.60. The van der Waals surface area contributed by atoms with Crippen LogP contribution in [0.4, 0.5) is 0 Å². The smallest absolute Gasteiger partial charge is 0.215 e. The van der Waals surface area contributed by atoms with Gasteiger partial charge >= 0.3 is 0 Å². The minimum Gasteiger partial charge on any atom is -0.481 e. The molecule has 0 amide bonds. The van der Waals surface area contributed by atoms with Crippen molar-refractivity contribution in [3.63, 3.8) is 0 Å². The first-order valence-corrected chi connectivity index (χ1v) is 6.51. The summed E-state index contributed by atoms with van der Waals surface area (Å²) in [6.07, 6.45) is 0. The Bertz CT molecular complexity index is 708. The predicted molar refractivity (Wildman–Crippen MR) is 78.6 cm³/mol. The Kier molecular flexibility index (Phi) is 2.91. The van der Waals surface area contributed by atoms with Gasteiger partial charge in [-0.15, -0.1) is 0 Å². The van der Waals surface area contributed by atoms with Crippen LogP contribution in [0.2, 0.25) is 0 Å². The second kappa shape index (κ2) is 4.56. The summed E-state index contributed by atoms with van der Waals surface area (Å²) in [5, 5.41) is 0. The summed E-state index contributed by atoms with van der Waals surface area (Å²) in [4.78, 5) is 12.1. The van der Waals surface area contributed by atoms with E-state index in [-0.39, 0.29) is 0 Å². The van der Waals surface area contributed by atoms with E-state index in [1.165, 1.54) is 0 Å². The molecule has 0 radical (unpaired) electrons. The molecule has 2 heterocycles. The van der Waals surface area contributed by atoms with Gasteiger partial charge in [0.2, 0.25) is 5.88 Å². The molecule has 5 heteroatoms. The second-order valence-electron chi connectivity index (χ2n) is 3.79. The third kappa shape index (κ3) is 1.94. The van der Waals surface area contributed by atoms with Crippen molar-refractivity contribution in [2.45, 2.75) is 0 Å². The van der Waals surface area contributed by atoms with Crippen LogP contribution in [0, 0.1) is 3.57 Å². The van der Waals surface area contributed by atoms with Crippen LogP contribution in [0.1, 0.15) is 0 Å². The molecule has 2 aromatic heterocycles. The van der Waals surface area contributed by atoms with Crippen molar-refractivity contribution >= 4 is 33.8 Å². The summed E-state index contributed by atoms with van der Waals surface area (Å²) < 4.78 is 6.25. The van der Waals surface area contributed by atoms with Crippen LogP contribution < -0.4 is 4.74 Å². The van der Waals surface area contributed by atoms with E-state index in [0.29, 0.717) is 11.5 Å². The number of imidazole rings is 1. The van der Waals surface area contributed by atoms with Crippen molar-refractivity contribution in [3.05, 3.63) is 40.0 Å². The highest BCUT2D eigenvalue weighted by molar-refractivity contribution is 14.1.